The summed E-state index contributed by atoms with van der Waals surface area (Å²) < 4.78 is 26.5. The molecule has 1 saturated heterocycles. The van der Waals surface area contributed by atoms with Gasteiger partial charge in [0.25, 0.3) is 0 Å². The van der Waals surface area contributed by atoms with E-state index < -0.39 is 24.1 Å². The fourth-order valence-corrected chi connectivity index (χ4v) is 2.96. The van der Waals surface area contributed by atoms with E-state index in [4.69, 9.17) is 26.2 Å². The summed E-state index contributed by atoms with van der Waals surface area (Å²) >= 11 is 6.24. The SMILES string of the molecule is CC1(C)OB(c2ccc(F)c(-c3ccc(C#N)cc3Cl)c2)OC1(C)C. The van der Waals surface area contributed by atoms with Gasteiger partial charge < -0.3 is 9.31 Å². The van der Waals surface area contributed by atoms with E-state index in [1.807, 2.05) is 33.8 Å². The highest BCUT2D eigenvalue weighted by Crippen LogP contribution is 2.37. The molecular weight excluding hydrogens is 339 g/mol. The summed E-state index contributed by atoms with van der Waals surface area (Å²) in [5.74, 6) is -0.396. The molecule has 0 aromatic heterocycles. The molecule has 0 bridgehead atoms. The van der Waals surface area contributed by atoms with E-state index in [0.717, 1.165) is 5.46 Å². The molecule has 25 heavy (non-hydrogen) atoms. The van der Waals surface area contributed by atoms with Crippen LogP contribution in [0, 0.1) is 17.1 Å². The smallest absolute Gasteiger partial charge is 0.399 e. The first-order valence-corrected chi connectivity index (χ1v) is 8.37. The summed E-state index contributed by atoms with van der Waals surface area (Å²) in [7, 11) is -0.582. The van der Waals surface area contributed by atoms with Gasteiger partial charge in [0.1, 0.15) is 5.82 Å². The highest BCUT2D eigenvalue weighted by atomic mass is 35.5. The molecule has 0 atom stereocenters. The van der Waals surface area contributed by atoms with Crippen molar-refractivity contribution in [2.75, 3.05) is 0 Å². The summed E-state index contributed by atoms with van der Waals surface area (Å²) in [6, 6.07) is 11.5. The van der Waals surface area contributed by atoms with Crippen LogP contribution in [0.2, 0.25) is 5.02 Å². The molecular formula is C19H18BClFNO2. The third-order valence-electron chi connectivity index (χ3n) is 4.90. The van der Waals surface area contributed by atoms with Crippen LogP contribution in [0.5, 0.6) is 0 Å². The molecule has 0 aliphatic carbocycles. The lowest BCUT2D eigenvalue weighted by molar-refractivity contribution is 0.00578. The third-order valence-corrected chi connectivity index (χ3v) is 5.22. The zero-order chi connectivity index (χ0) is 18.4. The van der Waals surface area contributed by atoms with Crippen molar-refractivity contribution in [2.24, 2.45) is 0 Å². The fourth-order valence-electron chi connectivity index (χ4n) is 2.68. The van der Waals surface area contributed by atoms with Gasteiger partial charge in [-0.3, -0.25) is 0 Å². The monoisotopic (exact) mass is 357 g/mol. The Morgan fingerprint density at radius 1 is 1.00 bits per heavy atom. The number of halogens is 2. The topological polar surface area (TPSA) is 42.2 Å². The maximum Gasteiger partial charge on any atom is 0.494 e. The summed E-state index contributed by atoms with van der Waals surface area (Å²) in [4.78, 5) is 0. The van der Waals surface area contributed by atoms with E-state index in [9.17, 15) is 4.39 Å². The Hall–Kier alpha value is -1.87. The van der Waals surface area contributed by atoms with Gasteiger partial charge >= 0.3 is 7.12 Å². The van der Waals surface area contributed by atoms with Gasteiger partial charge in [-0.25, -0.2) is 4.39 Å². The molecule has 3 rings (SSSR count). The number of nitriles is 1. The van der Waals surface area contributed by atoms with Crippen LogP contribution < -0.4 is 5.46 Å². The van der Waals surface area contributed by atoms with Gasteiger partial charge in [0.05, 0.1) is 22.8 Å². The average Bonchev–Trinajstić information content (AvgIpc) is 2.76. The van der Waals surface area contributed by atoms with E-state index in [-0.39, 0.29) is 0 Å². The van der Waals surface area contributed by atoms with Crippen LogP contribution >= 0.6 is 11.6 Å². The fraction of sp³-hybridized carbons (Fsp3) is 0.316. The quantitative estimate of drug-likeness (QED) is 0.752. The lowest BCUT2D eigenvalue weighted by Crippen LogP contribution is -2.41. The maximum atomic E-state index is 14.4. The Balaban J connectivity index is 2.02. The van der Waals surface area contributed by atoms with Crippen molar-refractivity contribution in [3.05, 3.63) is 52.8 Å². The minimum Gasteiger partial charge on any atom is -0.399 e. The van der Waals surface area contributed by atoms with Crippen molar-refractivity contribution in [3.8, 4) is 17.2 Å². The largest absolute Gasteiger partial charge is 0.494 e. The van der Waals surface area contributed by atoms with Gasteiger partial charge in [0.2, 0.25) is 0 Å². The normalized spacial score (nSPS) is 18.2. The van der Waals surface area contributed by atoms with Gasteiger partial charge in [-0.05, 0) is 51.4 Å². The highest BCUT2D eigenvalue weighted by molar-refractivity contribution is 6.62. The van der Waals surface area contributed by atoms with Crippen LogP contribution in [-0.4, -0.2) is 18.3 Å². The highest BCUT2D eigenvalue weighted by Gasteiger charge is 2.51. The van der Waals surface area contributed by atoms with Crippen molar-refractivity contribution in [3.63, 3.8) is 0 Å². The molecule has 1 aliphatic rings. The third kappa shape index (κ3) is 3.18. The minimum absolute atomic E-state index is 0.323. The Kier molecular flexibility index (Phi) is 4.41. The lowest BCUT2D eigenvalue weighted by Gasteiger charge is -2.32. The Labute approximate surface area is 152 Å². The molecule has 1 heterocycles. The van der Waals surface area contributed by atoms with Crippen molar-refractivity contribution in [1.29, 1.82) is 5.26 Å². The summed E-state index contributed by atoms with van der Waals surface area (Å²) in [6.45, 7) is 7.87. The summed E-state index contributed by atoms with van der Waals surface area (Å²) in [5, 5.41) is 9.27. The van der Waals surface area contributed by atoms with Crippen LogP contribution in [0.25, 0.3) is 11.1 Å². The van der Waals surface area contributed by atoms with Gasteiger partial charge in [-0.15, -0.1) is 0 Å². The van der Waals surface area contributed by atoms with Gasteiger partial charge in [-0.2, -0.15) is 5.26 Å². The molecule has 0 spiro atoms. The van der Waals surface area contributed by atoms with Crippen molar-refractivity contribution in [2.45, 2.75) is 38.9 Å². The number of benzene rings is 2. The number of hydrogen-bond donors (Lipinski definition) is 0. The maximum absolute atomic E-state index is 14.4. The zero-order valence-electron chi connectivity index (χ0n) is 14.6. The van der Waals surface area contributed by atoms with Crippen LogP contribution in [0.1, 0.15) is 33.3 Å². The van der Waals surface area contributed by atoms with E-state index in [2.05, 4.69) is 0 Å². The second kappa shape index (κ2) is 6.14. The van der Waals surface area contributed by atoms with Crippen LogP contribution in [-0.2, 0) is 9.31 Å². The molecule has 0 saturated carbocycles. The first kappa shape index (κ1) is 17.9. The van der Waals surface area contributed by atoms with Crippen LogP contribution in [0.4, 0.5) is 4.39 Å². The van der Waals surface area contributed by atoms with E-state index in [0.29, 0.717) is 21.7 Å². The predicted molar refractivity (Wildman–Crippen MR) is 97.3 cm³/mol. The molecule has 3 nitrogen and oxygen atoms in total. The summed E-state index contributed by atoms with van der Waals surface area (Å²) in [5.41, 5.74) is 1.07. The van der Waals surface area contributed by atoms with Gasteiger partial charge in [0, 0.05) is 16.1 Å². The van der Waals surface area contributed by atoms with E-state index in [1.165, 1.54) is 12.1 Å². The predicted octanol–water partition coefficient (Wildman–Crippen LogP) is 4.32. The summed E-state index contributed by atoms with van der Waals surface area (Å²) in [6.07, 6.45) is 0. The molecule has 0 unspecified atom stereocenters. The van der Waals surface area contributed by atoms with E-state index >= 15 is 0 Å². The molecule has 0 radical (unpaired) electrons. The van der Waals surface area contributed by atoms with Gasteiger partial charge in [0.15, 0.2) is 0 Å². The molecule has 6 heteroatoms. The first-order chi connectivity index (χ1) is 11.6. The Morgan fingerprint density at radius 2 is 1.64 bits per heavy atom. The van der Waals surface area contributed by atoms with Gasteiger partial charge in [-0.1, -0.05) is 29.8 Å². The second-order valence-corrected chi connectivity index (χ2v) is 7.54. The Bertz CT molecular complexity index is 860. The average molecular weight is 358 g/mol. The first-order valence-electron chi connectivity index (χ1n) is 8.00. The molecule has 2 aromatic carbocycles. The lowest BCUT2D eigenvalue weighted by atomic mass is 9.78. The van der Waals surface area contributed by atoms with E-state index in [1.54, 1.807) is 24.3 Å². The van der Waals surface area contributed by atoms with Crippen LogP contribution in [0.3, 0.4) is 0 Å². The Morgan fingerprint density at radius 3 is 2.20 bits per heavy atom. The molecule has 1 fully saturated rings. The molecule has 128 valence electrons. The molecule has 2 aromatic rings. The van der Waals surface area contributed by atoms with Crippen LogP contribution in [0.15, 0.2) is 36.4 Å². The van der Waals surface area contributed by atoms with Crippen molar-refractivity contribution < 1.29 is 13.7 Å². The molecule has 0 N–H and O–H groups in total. The van der Waals surface area contributed by atoms with Crippen molar-refractivity contribution in [1.82, 2.24) is 0 Å². The second-order valence-electron chi connectivity index (χ2n) is 7.13. The zero-order valence-corrected chi connectivity index (χ0v) is 15.3. The molecule has 1 aliphatic heterocycles. The number of nitrogens with zero attached hydrogens (tertiary/aromatic N) is 1. The number of rotatable bonds is 2. The number of hydrogen-bond acceptors (Lipinski definition) is 3. The molecule has 0 amide bonds. The standard InChI is InChI=1S/C19H18BClFNO2/c1-18(2)19(3,4)25-20(24-18)13-6-8-17(22)15(10-13)14-7-5-12(11-23)9-16(14)21/h5-10H,1-4H3. The minimum atomic E-state index is -0.582. The van der Waals surface area contributed by atoms with Crippen molar-refractivity contribution >= 4 is 24.2 Å².